The second-order valence-electron chi connectivity index (χ2n) is 3.27. The van der Waals surface area contributed by atoms with Crippen LogP contribution in [0.3, 0.4) is 0 Å². The minimum atomic E-state index is -0.534. The van der Waals surface area contributed by atoms with Gasteiger partial charge in [-0.2, -0.15) is 0 Å². The first kappa shape index (κ1) is 9.83. The van der Waals surface area contributed by atoms with E-state index in [-0.39, 0.29) is 5.41 Å². The lowest BCUT2D eigenvalue weighted by molar-refractivity contribution is 0.250. The van der Waals surface area contributed by atoms with Crippen molar-refractivity contribution in [2.75, 3.05) is 6.54 Å². The van der Waals surface area contributed by atoms with Gasteiger partial charge < -0.3 is 11.1 Å². The molecule has 3 N–H and O–H groups in total. The Kier molecular flexibility index (Phi) is 3.46. The summed E-state index contributed by atoms with van der Waals surface area (Å²) in [7, 11) is 0. The van der Waals surface area contributed by atoms with Crippen LogP contribution in [0.25, 0.3) is 0 Å². The molecule has 0 aromatic rings. The van der Waals surface area contributed by atoms with Crippen LogP contribution in [0.4, 0.5) is 4.79 Å². The molecule has 0 aliphatic heterocycles. The highest BCUT2D eigenvalue weighted by Gasteiger charge is 2.02. The van der Waals surface area contributed by atoms with Crippen molar-refractivity contribution in [2.45, 2.75) is 20.8 Å². The Morgan fingerprint density at radius 1 is 1.55 bits per heavy atom. The molecule has 2 amide bonds. The molecule has 0 fully saturated rings. The number of nitrogens with one attached hydrogen (secondary N) is 1. The fourth-order valence-electron chi connectivity index (χ4n) is 0.441. The molecule has 0 saturated heterocycles. The predicted octanol–water partition coefficient (Wildman–Crippen LogP) is 0.704. The molecule has 0 aliphatic carbocycles. The van der Waals surface area contributed by atoms with Gasteiger partial charge in [0.15, 0.2) is 0 Å². The van der Waals surface area contributed by atoms with Crippen molar-refractivity contribution in [1.82, 2.24) is 5.32 Å². The van der Waals surface area contributed by atoms with Crippen LogP contribution in [0.15, 0.2) is 0 Å². The molecule has 0 aromatic carbocycles. The number of rotatable bonds is 1. The number of urea groups is 1. The number of primary amides is 1. The van der Waals surface area contributed by atoms with Gasteiger partial charge in [0.2, 0.25) is 0 Å². The van der Waals surface area contributed by atoms with E-state index in [1.54, 1.807) is 0 Å². The van der Waals surface area contributed by atoms with Gasteiger partial charge in [0.05, 0.1) is 6.54 Å². The molecule has 0 saturated carbocycles. The van der Waals surface area contributed by atoms with Gasteiger partial charge in [-0.25, -0.2) is 4.79 Å². The van der Waals surface area contributed by atoms with Crippen molar-refractivity contribution in [3.05, 3.63) is 0 Å². The highest BCUT2D eigenvalue weighted by Crippen LogP contribution is 2.09. The molecule has 3 heteroatoms. The molecular formula is C8H14N2O. The fourth-order valence-corrected chi connectivity index (χ4v) is 0.441. The average molecular weight is 154 g/mol. The molecule has 0 bridgehead atoms. The van der Waals surface area contributed by atoms with Crippen LogP contribution in [0.2, 0.25) is 0 Å². The summed E-state index contributed by atoms with van der Waals surface area (Å²) in [5.41, 5.74) is 4.81. The van der Waals surface area contributed by atoms with E-state index in [1.165, 1.54) is 0 Å². The Hall–Kier alpha value is -1.17. The lowest BCUT2D eigenvalue weighted by atomic mass is 9.98. The Balaban J connectivity index is 3.66. The van der Waals surface area contributed by atoms with Crippen LogP contribution < -0.4 is 11.1 Å². The van der Waals surface area contributed by atoms with Crippen molar-refractivity contribution in [3.63, 3.8) is 0 Å². The zero-order chi connectivity index (χ0) is 8.91. The van der Waals surface area contributed by atoms with Gasteiger partial charge in [-0.3, -0.25) is 0 Å². The maximum atomic E-state index is 10.2. The van der Waals surface area contributed by atoms with Crippen molar-refractivity contribution in [1.29, 1.82) is 0 Å². The molecule has 0 aliphatic rings. The summed E-state index contributed by atoms with van der Waals surface area (Å²) in [5.74, 6) is 5.75. The highest BCUT2D eigenvalue weighted by atomic mass is 16.2. The van der Waals surface area contributed by atoms with Crippen molar-refractivity contribution < 1.29 is 4.79 Å². The SMILES string of the molecule is CC(C)(C)C#CCNC(N)=O. The van der Waals surface area contributed by atoms with E-state index in [2.05, 4.69) is 17.2 Å². The molecule has 0 spiro atoms. The van der Waals surface area contributed by atoms with Gasteiger partial charge >= 0.3 is 6.03 Å². The van der Waals surface area contributed by atoms with Gasteiger partial charge in [0.1, 0.15) is 0 Å². The zero-order valence-electron chi connectivity index (χ0n) is 7.19. The number of carbonyl (C=O) groups is 1. The fraction of sp³-hybridized carbons (Fsp3) is 0.625. The van der Waals surface area contributed by atoms with Crippen molar-refractivity contribution in [3.8, 4) is 11.8 Å². The molecule has 0 aromatic heterocycles. The zero-order valence-corrected chi connectivity index (χ0v) is 7.19. The second-order valence-corrected chi connectivity index (χ2v) is 3.27. The first-order valence-electron chi connectivity index (χ1n) is 3.45. The third kappa shape index (κ3) is 8.83. The summed E-state index contributed by atoms with van der Waals surface area (Å²) in [5, 5.41) is 2.38. The second kappa shape index (κ2) is 3.87. The normalized spacial score (nSPS) is 9.73. The molecule has 0 rings (SSSR count). The predicted molar refractivity (Wildman–Crippen MR) is 44.8 cm³/mol. The summed E-state index contributed by atoms with van der Waals surface area (Å²) in [6.45, 7) is 6.34. The molecule has 62 valence electrons. The van der Waals surface area contributed by atoms with E-state index >= 15 is 0 Å². The molecule has 11 heavy (non-hydrogen) atoms. The van der Waals surface area contributed by atoms with E-state index in [0.29, 0.717) is 6.54 Å². The Morgan fingerprint density at radius 2 is 2.09 bits per heavy atom. The number of hydrogen-bond acceptors (Lipinski definition) is 1. The number of amides is 2. The topological polar surface area (TPSA) is 55.1 Å². The summed E-state index contributed by atoms with van der Waals surface area (Å²) in [6, 6.07) is -0.534. The third-order valence-electron chi connectivity index (χ3n) is 0.814. The number of nitrogens with two attached hydrogens (primary N) is 1. The van der Waals surface area contributed by atoms with E-state index in [9.17, 15) is 4.79 Å². The maximum absolute atomic E-state index is 10.2. The van der Waals surface area contributed by atoms with Gasteiger partial charge in [0.25, 0.3) is 0 Å². The Morgan fingerprint density at radius 3 is 2.45 bits per heavy atom. The van der Waals surface area contributed by atoms with Crippen LogP contribution in [0, 0.1) is 17.3 Å². The van der Waals surface area contributed by atoms with Crippen LogP contribution >= 0.6 is 0 Å². The van der Waals surface area contributed by atoms with Crippen molar-refractivity contribution >= 4 is 6.03 Å². The van der Waals surface area contributed by atoms with Gasteiger partial charge in [0, 0.05) is 5.41 Å². The van der Waals surface area contributed by atoms with E-state index in [4.69, 9.17) is 5.73 Å². The average Bonchev–Trinajstić information content (AvgIpc) is 1.78. The molecule has 3 nitrogen and oxygen atoms in total. The Bertz CT molecular complexity index is 192. The standard InChI is InChI=1S/C8H14N2O/c1-8(2,3)5-4-6-10-7(9)11/h6H2,1-3H3,(H3,9,10,11). The largest absolute Gasteiger partial charge is 0.352 e. The van der Waals surface area contributed by atoms with Crippen LogP contribution in [0.5, 0.6) is 0 Å². The quantitative estimate of drug-likeness (QED) is 0.537. The van der Waals surface area contributed by atoms with E-state index in [1.807, 2.05) is 20.8 Å². The molecule has 0 heterocycles. The minimum absolute atomic E-state index is 0.0146. The smallest absolute Gasteiger partial charge is 0.312 e. The first-order chi connectivity index (χ1) is 4.92. The maximum Gasteiger partial charge on any atom is 0.312 e. The number of hydrogen-bond donors (Lipinski definition) is 2. The Labute approximate surface area is 67.3 Å². The van der Waals surface area contributed by atoms with Gasteiger partial charge in [-0.15, -0.1) is 0 Å². The summed E-state index contributed by atoms with van der Waals surface area (Å²) in [4.78, 5) is 10.2. The molecule has 0 unspecified atom stereocenters. The molecular weight excluding hydrogens is 140 g/mol. The summed E-state index contributed by atoms with van der Waals surface area (Å²) in [6.07, 6.45) is 0. The third-order valence-corrected chi connectivity index (χ3v) is 0.814. The van der Waals surface area contributed by atoms with Crippen LogP contribution in [0.1, 0.15) is 20.8 Å². The highest BCUT2D eigenvalue weighted by molar-refractivity contribution is 5.71. The van der Waals surface area contributed by atoms with E-state index < -0.39 is 6.03 Å². The lowest BCUT2D eigenvalue weighted by Gasteiger charge is -2.06. The van der Waals surface area contributed by atoms with Gasteiger partial charge in [-0.05, 0) is 20.8 Å². The minimum Gasteiger partial charge on any atom is -0.352 e. The molecule has 0 atom stereocenters. The van der Waals surface area contributed by atoms with Gasteiger partial charge in [-0.1, -0.05) is 11.8 Å². The lowest BCUT2D eigenvalue weighted by Crippen LogP contribution is -2.29. The summed E-state index contributed by atoms with van der Waals surface area (Å²) < 4.78 is 0. The first-order valence-corrected chi connectivity index (χ1v) is 3.45. The van der Waals surface area contributed by atoms with Crippen LogP contribution in [-0.2, 0) is 0 Å². The summed E-state index contributed by atoms with van der Waals surface area (Å²) >= 11 is 0. The number of carbonyl (C=O) groups excluding carboxylic acids is 1. The van der Waals surface area contributed by atoms with Crippen LogP contribution in [-0.4, -0.2) is 12.6 Å². The monoisotopic (exact) mass is 154 g/mol. The molecule has 0 radical (unpaired) electrons. The van der Waals surface area contributed by atoms with E-state index in [0.717, 1.165) is 0 Å². The van der Waals surface area contributed by atoms with Crippen molar-refractivity contribution in [2.24, 2.45) is 11.1 Å².